The lowest BCUT2D eigenvalue weighted by molar-refractivity contribution is 0.306. The van der Waals surface area contributed by atoms with Gasteiger partial charge in [0.15, 0.2) is 5.96 Å². The van der Waals surface area contributed by atoms with E-state index in [1.165, 1.54) is 0 Å². The van der Waals surface area contributed by atoms with Crippen molar-refractivity contribution in [2.45, 2.75) is 32.2 Å². The first-order chi connectivity index (χ1) is 12.0. The fourth-order valence-electron chi connectivity index (χ4n) is 2.71. The summed E-state index contributed by atoms with van der Waals surface area (Å²) in [5.41, 5.74) is 0. The van der Waals surface area contributed by atoms with Crippen molar-refractivity contribution in [3.8, 4) is 0 Å². The molecule has 1 aliphatic rings. The quantitative estimate of drug-likeness (QED) is 0.411. The minimum atomic E-state index is -3.09. The van der Waals surface area contributed by atoms with Crippen LogP contribution in [-0.2, 0) is 16.4 Å². The van der Waals surface area contributed by atoms with E-state index in [-0.39, 0.29) is 11.8 Å². The molecule has 0 saturated carbocycles. The maximum atomic E-state index is 11.9. The normalized spacial score (nSPS) is 17.4. The molecule has 0 spiro atoms. The topological polar surface area (TPSA) is 86.9 Å². The van der Waals surface area contributed by atoms with Crippen LogP contribution < -0.4 is 10.6 Å². The standard InChI is InChI=1S/C17H28N4O3S/c1-3-10-18-17(19-11-7-16-6-5-14-24-16)20-15-8-12-21(13-9-15)25(22,23)4-2/h3,5-6,14-15H,1,4,7-13H2,2H3,(H2,18,19,20). The third-order valence-corrected chi connectivity index (χ3v) is 6.06. The second-order valence-corrected chi connectivity index (χ2v) is 8.21. The summed E-state index contributed by atoms with van der Waals surface area (Å²) in [5.74, 6) is 1.79. The Kier molecular flexibility index (Phi) is 7.52. The van der Waals surface area contributed by atoms with Crippen LogP contribution in [0.25, 0.3) is 0 Å². The molecule has 0 radical (unpaired) electrons. The Morgan fingerprint density at radius 1 is 1.48 bits per heavy atom. The molecule has 2 heterocycles. The predicted molar refractivity (Wildman–Crippen MR) is 100 cm³/mol. The Morgan fingerprint density at radius 3 is 2.84 bits per heavy atom. The van der Waals surface area contributed by atoms with Crippen LogP contribution in [0.3, 0.4) is 0 Å². The first kappa shape index (κ1) is 19.5. The maximum absolute atomic E-state index is 11.9. The number of nitrogens with zero attached hydrogens (tertiary/aromatic N) is 2. The molecule has 0 bridgehead atoms. The van der Waals surface area contributed by atoms with Gasteiger partial charge in [0.05, 0.1) is 12.0 Å². The fraction of sp³-hybridized carbons (Fsp3) is 0.588. The number of piperidine rings is 1. The Hall–Kier alpha value is -1.80. The number of guanidine groups is 1. The number of hydrogen-bond acceptors (Lipinski definition) is 4. The molecule has 8 heteroatoms. The molecule has 7 nitrogen and oxygen atoms in total. The van der Waals surface area contributed by atoms with Gasteiger partial charge in [0.2, 0.25) is 10.0 Å². The van der Waals surface area contributed by atoms with Gasteiger partial charge < -0.3 is 15.1 Å². The number of nitrogens with one attached hydrogen (secondary N) is 2. The summed E-state index contributed by atoms with van der Waals surface area (Å²) in [4.78, 5) is 4.57. The number of furan rings is 1. The maximum Gasteiger partial charge on any atom is 0.213 e. The van der Waals surface area contributed by atoms with Gasteiger partial charge in [-0.1, -0.05) is 6.08 Å². The molecule has 0 unspecified atom stereocenters. The molecular formula is C17H28N4O3S. The van der Waals surface area contributed by atoms with E-state index < -0.39 is 10.0 Å². The van der Waals surface area contributed by atoms with Gasteiger partial charge in [-0.25, -0.2) is 12.7 Å². The smallest absolute Gasteiger partial charge is 0.213 e. The molecule has 0 atom stereocenters. The summed E-state index contributed by atoms with van der Waals surface area (Å²) < 4.78 is 30.7. The molecule has 140 valence electrons. The number of hydrogen-bond donors (Lipinski definition) is 2. The zero-order chi connectivity index (χ0) is 18.1. The van der Waals surface area contributed by atoms with Gasteiger partial charge in [-0.2, -0.15) is 0 Å². The number of sulfonamides is 1. The van der Waals surface area contributed by atoms with Crippen molar-refractivity contribution < 1.29 is 12.8 Å². The summed E-state index contributed by atoms with van der Waals surface area (Å²) in [5, 5.41) is 6.61. The molecule has 25 heavy (non-hydrogen) atoms. The molecule has 2 N–H and O–H groups in total. The highest BCUT2D eigenvalue weighted by atomic mass is 32.2. The summed E-state index contributed by atoms with van der Waals surface area (Å²) in [7, 11) is -3.09. The SMILES string of the molecule is C=CCNC(=NCCc1ccco1)NC1CCN(S(=O)(=O)CC)CC1. The second kappa shape index (κ2) is 9.62. The van der Waals surface area contributed by atoms with E-state index in [0.717, 1.165) is 31.0 Å². The molecule has 1 aromatic rings. The molecule has 1 saturated heterocycles. The van der Waals surface area contributed by atoms with Gasteiger partial charge in [0.1, 0.15) is 5.76 Å². The van der Waals surface area contributed by atoms with E-state index in [0.29, 0.717) is 26.2 Å². The van der Waals surface area contributed by atoms with Crippen molar-refractivity contribution in [2.75, 3.05) is 31.9 Å². The van der Waals surface area contributed by atoms with Gasteiger partial charge >= 0.3 is 0 Å². The minimum absolute atomic E-state index is 0.158. The third kappa shape index (κ3) is 6.21. The fourth-order valence-corrected chi connectivity index (χ4v) is 3.84. The molecule has 0 aromatic carbocycles. The first-order valence-electron chi connectivity index (χ1n) is 8.71. The van der Waals surface area contributed by atoms with Crippen molar-refractivity contribution in [1.82, 2.24) is 14.9 Å². The van der Waals surface area contributed by atoms with E-state index >= 15 is 0 Å². The molecule has 1 aromatic heterocycles. The highest BCUT2D eigenvalue weighted by molar-refractivity contribution is 7.89. The van der Waals surface area contributed by atoms with E-state index in [4.69, 9.17) is 4.42 Å². The second-order valence-electron chi connectivity index (χ2n) is 5.95. The molecule has 1 aliphatic heterocycles. The Balaban J connectivity index is 1.85. The van der Waals surface area contributed by atoms with Gasteiger partial charge in [-0.05, 0) is 31.9 Å². The van der Waals surface area contributed by atoms with Crippen LogP contribution in [0.2, 0.25) is 0 Å². The van der Waals surface area contributed by atoms with Crippen molar-refractivity contribution >= 4 is 16.0 Å². The molecule has 0 aliphatic carbocycles. The monoisotopic (exact) mass is 368 g/mol. The number of rotatable bonds is 8. The van der Waals surface area contributed by atoms with Crippen molar-refractivity contribution in [2.24, 2.45) is 4.99 Å². The van der Waals surface area contributed by atoms with Crippen molar-refractivity contribution in [3.63, 3.8) is 0 Å². The van der Waals surface area contributed by atoms with Crippen LogP contribution >= 0.6 is 0 Å². The highest BCUT2D eigenvalue weighted by Crippen LogP contribution is 2.14. The highest BCUT2D eigenvalue weighted by Gasteiger charge is 2.26. The zero-order valence-corrected chi connectivity index (χ0v) is 15.6. The minimum Gasteiger partial charge on any atom is -0.469 e. The van der Waals surface area contributed by atoms with Gasteiger partial charge in [-0.3, -0.25) is 4.99 Å². The van der Waals surface area contributed by atoms with E-state index in [9.17, 15) is 8.42 Å². The lowest BCUT2D eigenvalue weighted by Crippen LogP contribution is -2.50. The van der Waals surface area contributed by atoms with E-state index in [1.54, 1.807) is 23.6 Å². The van der Waals surface area contributed by atoms with E-state index in [2.05, 4.69) is 22.2 Å². The summed E-state index contributed by atoms with van der Waals surface area (Å²) in [6.45, 7) is 7.73. The average Bonchev–Trinajstić information content (AvgIpc) is 3.13. The van der Waals surface area contributed by atoms with Gasteiger partial charge in [-0.15, -0.1) is 6.58 Å². The Morgan fingerprint density at radius 2 is 2.24 bits per heavy atom. The van der Waals surface area contributed by atoms with Crippen LogP contribution in [0.4, 0.5) is 0 Å². The third-order valence-electron chi connectivity index (χ3n) is 4.18. The largest absolute Gasteiger partial charge is 0.469 e. The molecule has 0 amide bonds. The van der Waals surface area contributed by atoms with Crippen molar-refractivity contribution in [1.29, 1.82) is 0 Å². The average molecular weight is 369 g/mol. The van der Waals surface area contributed by atoms with Crippen LogP contribution in [0.5, 0.6) is 0 Å². The first-order valence-corrected chi connectivity index (χ1v) is 10.3. The predicted octanol–water partition coefficient (Wildman–Crippen LogP) is 1.36. The van der Waals surface area contributed by atoms with Crippen LogP contribution in [-0.4, -0.2) is 56.7 Å². The van der Waals surface area contributed by atoms with Gasteiger partial charge in [0.25, 0.3) is 0 Å². The Bertz CT molecular complexity index is 647. The summed E-state index contributed by atoms with van der Waals surface area (Å²) >= 11 is 0. The number of aliphatic imine (C=N–C) groups is 1. The lowest BCUT2D eigenvalue weighted by Gasteiger charge is -2.32. The van der Waals surface area contributed by atoms with Crippen LogP contribution in [0, 0.1) is 0 Å². The summed E-state index contributed by atoms with van der Waals surface area (Å²) in [6.07, 6.45) is 5.71. The van der Waals surface area contributed by atoms with Crippen LogP contribution in [0.15, 0.2) is 40.5 Å². The van der Waals surface area contributed by atoms with E-state index in [1.807, 2.05) is 12.1 Å². The summed E-state index contributed by atoms with van der Waals surface area (Å²) in [6, 6.07) is 4.01. The van der Waals surface area contributed by atoms with Gasteiger partial charge in [0, 0.05) is 38.6 Å². The lowest BCUT2D eigenvalue weighted by atomic mass is 10.1. The molecule has 1 fully saturated rings. The van der Waals surface area contributed by atoms with Crippen LogP contribution in [0.1, 0.15) is 25.5 Å². The Labute approximate surface area is 150 Å². The zero-order valence-electron chi connectivity index (χ0n) is 14.8. The van der Waals surface area contributed by atoms with Crippen molar-refractivity contribution in [3.05, 3.63) is 36.8 Å². The molecule has 2 rings (SSSR count). The molecular weight excluding hydrogens is 340 g/mol.